The van der Waals surface area contributed by atoms with E-state index in [1.807, 2.05) is 4.90 Å². The summed E-state index contributed by atoms with van der Waals surface area (Å²) < 4.78 is 0. The Hall–Kier alpha value is -3.48. The van der Waals surface area contributed by atoms with E-state index < -0.39 is 4.92 Å². The topological polar surface area (TPSA) is 92.5 Å². The van der Waals surface area contributed by atoms with Gasteiger partial charge in [-0.25, -0.2) is 0 Å². The molecule has 1 aliphatic heterocycles. The van der Waals surface area contributed by atoms with Gasteiger partial charge >= 0.3 is 0 Å². The largest absolute Gasteiger partial charge is 0.339 e. The third-order valence-corrected chi connectivity index (χ3v) is 4.82. The predicted molar refractivity (Wildman–Crippen MR) is 112 cm³/mol. The Morgan fingerprint density at radius 1 is 0.931 bits per heavy atom. The maximum atomic E-state index is 12.6. The zero-order chi connectivity index (χ0) is 20.6. The number of carbonyl (C=O) groups is 2. The number of carbonyl (C=O) groups excluding carboxylic acids is 2. The van der Waals surface area contributed by atoms with Gasteiger partial charge in [0.05, 0.1) is 4.92 Å². The summed E-state index contributed by atoms with van der Waals surface area (Å²) >= 11 is 0. The zero-order valence-corrected chi connectivity index (χ0v) is 16.0. The molecule has 2 aromatic rings. The van der Waals surface area contributed by atoms with Crippen molar-refractivity contribution in [2.75, 3.05) is 18.4 Å². The molecule has 1 saturated heterocycles. The number of likely N-dealkylation sites (tertiary alicyclic amines) is 1. The van der Waals surface area contributed by atoms with Crippen LogP contribution in [0.15, 0.2) is 54.6 Å². The molecule has 0 spiro atoms. The Bertz CT molecular complexity index is 897. The summed E-state index contributed by atoms with van der Waals surface area (Å²) in [5, 5.41) is 13.4. The third-order valence-electron chi connectivity index (χ3n) is 4.82. The van der Waals surface area contributed by atoms with E-state index in [1.54, 1.807) is 42.5 Å². The van der Waals surface area contributed by atoms with E-state index in [0.717, 1.165) is 25.9 Å². The number of anilines is 1. The summed E-state index contributed by atoms with van der Waals surface area (Å²) in [6.07, 6.45) is 7.36. The molecule has 29 heavy (non-hydrogen) atoms. The molecule has 2 amide bonds. The molecule has 1 fully saturated rings. The minimum absolute atomic E-state index is 0.00131. The SMILES string of the molecule is O=C(/C=C/c1ccc([N+](=O)[O-])cc1)Nc1ccc(C(=O)N2CCCCCC2)cc1. The van der Waals surface area contributed by atoms with Gasteiger partial charge in [-0.2, -0.15) is 0 Å². The lowest BCUT2D eigenvalue weighted by Gasteiger charge is -2.20. The number of hydrogen-bond donors (Lipinski definition) is 1. The maximum Gasteiger partial charge on any atom is 0.269 e. The molecule has 1 heterocycles. The highest BCUT2D eigenvalue weighted by Gasteiger charge is 2.17. The van der Waals surface area contributed by atoms with Gasteiger partial charge in [-0.15, -0.1) is 0 Å². The Morgan fingerprint density at radius 2 is 1.55 bits per heavy atom. The molecule has 0 saturated carbocycles. The highest BCUT2D eigenvalue weighted by Crippen LogP contribution is 2.16. The summed E-state index contributed by atoms with van der Waals surface area (Å²) in [6, 6.07) is 12.8. The number of benzene rings is 2. The second-order valence-electron chi connectivity index (χ2n) is 6.95. The van der Waals surface area contributed by atoms with Crippen molar-refractivity contribution < 1.29 is 14.5 Å². The van der Waals surface area contributed by atoms with Crippen LogP contribution in [-0.4, -0.2) is 34.7 Å². The lowest BCUT2D eigenvalue weighted by molar-refractivity contribution is -0.384. The molecular formula is C22H23N3O4. The van der Waals surface area contributed by atoms with Crippen LogP contribution in [0.25, 0.3) is 6.08 Å². The number of nitro benzene ring substituents is 1. The van der Waals surface area contributed by atoms with Crippen molar-refractivity contribution in [2.24, 2.45) is 0 Å². The van der Waals surface area contributed by atoms with Gasteiger partial charge in [0.25, 0.3) is 11.6 Å². The average molecular weight is 393 g/mol. The van der Waals surface area contributed by atoms with Gasteiger partial charge in [-0.3, -0.25) is 19.7 Å². The van der Waals surface area contributed by atoms with Crippen LogP contribution in [0.5, 0.6) is 0 Å². The van der Waals surface area contributed by atoms with Gasteiger partial charge < -0.3 is 10.2 Å². The van der Waals surface area contributed by atoms with Gasteiger partial charge in [-0.1, -0.05) is 12.8 Å². The first-order valence-corrected chi connectivity index (χ1v) is 9.66. The van der Waals surface area contributed by atoms with Crippen molar-refractivity contribution in [3.63, 3.8) is 0 Å². The Kier molecular flexibility index (Phi) is 6.73. The molecule has 7 heteroatoms. The van der Waals surface area contributed by atoms with Crippen molar-refractivity contribution in [3.8, 4) is 0 Å². The minimum Gasteiger partial charge on any atom is -0.339 e. The van der Waals surface area contributed by atoms with Gasteiger partial charge in [0.2, 0.25) is 5.91 Å². The van der Waals surface area contributed by atoms with Crippen molar-refractivity contribution in [1.82, 2.24) is 4.90 Å². The van der Waals surface area contributed by atoms with Gasteiger partial charge in [0, 0.05) is 42.5 Å². The number of non-ortho nitro benzene ring substituents is 1. The van der Waals surface area contributed by atoms with E-state index in [0.29, 0.717) is 16.8 Å². The number of nitrogens with one attached hydrogen (secondary N) is 1. The normalized spacial score (nSPS) is 14.4. The molecular weight excluding hydrogens is 370 g/mol. The quantitative estimate of drug-likeness (QED) is 0.467. The minimum atomic E-state index is -0.471. The number of nitrogens with zero attached hydrogens (tertiary/aromatic N) is 2. The summed E-state index contributed by atoms with van der Waals surface area (Å²) in [5.41, 5.74) is 1.90. The van der Waals surface area contributed by atoms with Crippen molar-refractivity contribution in [1.29, 1.82) is 0 Å². The summed E-state index contributed by atoms with van der Waals surface area (Å²) in [5.74, 6) is -0.294. The monoisotopic (exact) mass is 393 g/mol. The van der Waals surface area contributed by atoms with Gasteiger partial charge in [0.15, 0.2) is 0 Å². The molecule has 0 bridgehead atoms. The van der Waals surface area contributed by atoms with Crippen LogP contribution in [0.2, 0.25) is 0 Å². The molecule has 0 aliphatic carbocycles. The molecule has 7 nitrogen and oxygen atoms in total. The fraction of sp³-hybridized carbons (Fsp3) is 0.273. The van der Waals surface area contributed by atoms with Crippen molar-refractivity contribution >= 4 is 29.3 Å². The van der Waals surface area contributed by atoms with Crippen LogP contribution in [0, 0.1) is 10.1 Å². The lowest BCUT2D eigenvalue weighted by atomic mass is 10.1. The number of nitro groups is 1. The smallest absolute Gasteiger partial charge is 0.269 e. The Morgan fingerprint density at radius 3 is 2.14 bits per heavy atom. The third kappa shape index (κ3) is 5.75. The van der Waals surface area contributed by atoms with E-state index in [9.17, 15) is 19.7 Å². The zero-order valence-electron chi connectivity index (χ0n) is 16.0. The van der Waals surface area contributed by atoms with Crippen LogP contribution in [0.3, 0.4) is 0 Å². The molecule has 150 valence electrons. The van der Waals surface area contributed by atoms with Crippen molar-refractivity contribution in [3.05, 3.63) is 75.8 Å². The van der Waals surface area contributed by atoms with Crippen LogP contribution >= 0.6 is 0 Å². The van der Waals surface area contributed by atoms with E-state index in [-0.39, 0.29) is 17.5 Å². The summed E-state index contributed by atoms with van der Waals surface area (Å²) in [4.78, 5) is 36.8. The van der Waals surface area contributed by atoms with Crippen LogP contribution in [-0.2, 0) is 4.79 Å². The Labute approximate surface area is 169 Å². The summed E-state index contributed by atoms with van der Waals surface area (Å²) in [6.45, 7) is 1.59. The van der Waals surface area contributed by atoms with Gasteiger partial charge in [0.1, 0.15) is 0 Å². The molecule has 2 aromatic carbocycles. The van der Waals surface area contributed by atoms with Crippen LogP contribution in [0.1, 0.15) is 41.6 Å². The van der Waals surface area contributed by atoms with E-state index in [1.165, 1.54) is 31.1 Å². The predicted octanol–water partition coefficient (Wildman–Crippen LogP) is 4.26. The molecule has 3 rings (SSSR count). The molecule has 0 aromatic heterocycles. The fourth-order valence-electron chi connectivity index (χ4n) is 3.22. The number of amides is 2. The highest BCUT2D eigenvalue weighted by atomic mass is 16.6. The number of hydrogen-bond acceptors (Lipinski definition) is 4. The first-order chi connectivity index (χ1) is 14.0. The van der Waals surface area contributed by atoms with Crippen LogP contribution < -0.4 is 5.32 Å². The van der Waals surface area contributed by atoms with Crippen molar-refractivity contribution in [2.45, 2.75) is 25.7 Å². The second-order valence-corrected chi connectivity index (χ2v) is 6.95. The number of rotatable bonds is 5. The van der Waals surface area contributed by atoms with Crippen LogP contribution in [0.4, 0.5) is 11.4 Å². The first-order valence-electron chi connectivity index (χ1n) is 9.66. The lowest BCUT2D eigenvalue weighted by Crippen LogP contribution is -2.31. The molecule has 1 N–H and O–H groups in total. The van der Waals surface area contributed by atoms with E-state index in [4.69, 9.17) is 0 Å². The Balaban J connectivity index is 1.56. The second kappa shape index (κ2) is 9.64. The summed E-state index contributed by atoms with van der Waals surface area (Å²) in [7, 11) is 0. The first kappa shape index (κ1) is 20.3. The van der Waals surface area contributed by atoms with E-state index >= 15 is 0 Å². The average Bonchev–Trinajstić information content (AvgIpc) is 3.02. The highest BCUT2D eigenvalue weighted by molar-refractivity contribution is 6.02. The van der Waals surface area contributed by atoms with Gasteiger partial charge in [-0.05, 0) is 60.9 Å². The molecule has 0 radical (unpaired) electrons. The fourth-order valence-corrected chi connectivity index (χ4v) is 3.22. The maximum absolute atomic E-state index is 12.6. The van der Waals surface area contributed by atoms with E-state index in [2.05, 4.69) is 5.32 Å². The molecule has 0 unspecified atom stereocenters. The standard InChI is InChI=1S/C22H23N3O4/c26-21(14-7-17-5-12-20(13-6-17)25(28)29)23-19-10-8-18(9-11-19)22(27)24-15-3-1-2-4-16-24/h5-14H,1-4,15-16H2,(H,23,26)/b14-7+. The molecule has 1 aliphatic rings. The molecule has 0 atom stereocenters.